The fourth-order valence-electron chi connectivity index (χ4n) is 2.41. The summed E-state index contributed by atoms with van der Waals surface area (Å²) in [5.74, 6) is 0.924. The summed E-state index contributed by atoms with van der Waals surface area (Å²) in [5, 5.41) is 0. The molecule has 110 valence electrons. The van der Waals surface area contributed by atoms with Gasteiger partial charge in [0.1, 0.15) is 12.4 Å². The van der Waals surface area contributed by atoms with E-state index < -0.39 is 0 Å². The van der Waals surface area contributed by atoms with E-state index in [0.29, 0.717) is 0 Å². The fraction of sp³-hybridized carbons (Fsp3) is 0.500. The number of anilines is 1. The summed E-state index contributed by atoms with van der Waals surface area (Å²) in [5.41, 5.74) is 7.69. The zero-order valence-electron chi connectivity index (χ0n) is 12.3. The number of benzene rings is 1. The Kier molecular flexibility index (Phi) is 5.44. The van der Waals surface area contributed by atoms with Crippen LogP contribution in [0, 0.1) is 0 Å². The minimum Gasteiger partial charge on any atom is -0.492 e. The number of rotatable bonds is 6. The zero-order valence-corrected chi connectivity index (χ0v) is 12.3. The number of nitrogens with two attached hydrogens (primary N) is 1. The van der Waals surface area contributed by atoms with Crippen molar-refractivity contribution < 1.29 is 4.74 Å². The van der Waals surface area contributed by atoms with E-state index >= 15 is 0 Å². The van der Waals surface area contributed by atoms with Crippen LogP contribution in [0.5, 0.6) is 5.75 Å². The minimum atomic E-state index is 0.720. The van der Waals surface area contributed by atoms with E-state index in [1.165, 1.54) is 0 Å². The monoisotopic (exact) mass is 275 g/mol. The molecule has 2 N–H and O–H groups in total. The molecule has 1 aliphatic rings. The molecule has 4 nitrogen and oxygen atoms in total. The third-order valence-electron chi connectivity index (χ3n) is 3.71. The second-order valence-electron chi connectivity index (χ2n) is 5.35. The molecule has 1 aromatic rings. The van der Waals surface area contributed by atoms with Crippen LogP contribution in [-0.2, 0) is 6.42 Å². The largest absolute Gasteiger partial charge is 0.492 e. The maximum Gasteiger partial charge on any atom is 0.123 e. The Balaban J connectivity index is 1.83. The summed E-state index contributed by atoms with van der Waals surface area (Å²) < 4.78 is 5.92. The van der Waals surface area contributed by atoms with Crippen molar-refractivity contribution in [2.75, 3.05) is 52.1 Å². The van der Waals surface area contributed by atoms with Gasteiger partial charge in [0, 0.05) is 38.4 Å². The van der Waals surface area contributed by atoms with Gasteiger partial charge in [0.25, 0.3) is 0 Å². The van der Waals surface area contributed by atoms with E-state index in [9.17, 15) is 0 Å². The van der Waals surface area contributed by atoms with Crippen molar-refractivity contribution >= 4 is 5.69 Å². The van der Waals surface area contributed by atoms with Gasteiger partial charge in [-0.25, -0.2) is 0 Å². The molecule has 0 aliphatic carbocycles. The Hall–Kier alpha value is -1.52. The first-order valence-corrected chi connectivity index (χ1v) is 7.22. The summed E-state index contributed by atoms with van der Waals surface area (Å²) in [7, 11) is 2.17. The van der Waals surface area contributed by atoms with Crippen LogP contribution in [-0.4, -0.2) is 56.2 Å². The SMILES string of the molecule is C=CCc1cc(N)ccc1OCCN1CCN(C)CC1. The normalized spacial score (nSPS) is 17.1. The molecule has 0 aromatic heterocycles. The molecule has 0 unspecified atom stereocenters. The molecular formula is C16H25N3O. The van der Waals surface area contributed by atoms with Crippen molar-refractivity contribution in [3.05, 3.63) is 36.4 Å². The van der Waals surface area contributed by atoms with Gasteiger partial charge in [-0.3, -0.25) is 4.90 Å². The topological polar surface area (TPSA) is 41.7 Å². The van der Waals surface area contributed by atoms with E-state index in [-0.39, 0.29) is 0 Å². The highest BCUT2D eigenvalue weighted by atomic mass is 16.5. The molecule has 0 radical (unpaired) electrons. The van der Waals surface area contributed by atoms with Crippen LogP contribution in [0.15, 0.2) is 30.9 Å². The predicted octanol–water partition coefficient (Wildman–Crippen LogP) is 1.62. The lowest BCUT2D eigenvalue weighted by Crippen LogP contribution is -2.45. The van der Waals surface area contributed by atoms with Gasteiger partial charge in [-0.15, -0.1) is 6.58 Å². The molecule has 0 saturated carbocycles. The van der Waals surface area contributed by atoms with Gasteiger partial charge in [-0.1, -0.05) is 6.08 Å². The Morgan fingerprint density at radius 3 is 2.75 bits per heavy atom. The number of nitrogens with zero attached hydrogens (tertiary/aromatic N) is 2. The molecule has 2 rings (SSSR count). The Bertz CT molecular complexity index is 439. The molecule has 0 amide bonds. The molecule has 1 aromatic carbocycles. The van der Waals surface area contributed by atoms with Crippen LogP contribution >= 0.6 is 0 Å². The maximum absolute atomic E-state index is 5.92. The molecule has 20 heavy (non-hydrogen) atoms. The second-order valence-corrected chi connectivity index (χ2v) is 5.35. The van der Waals surface area contributed by atoms with Crippen molar-refractivity contribution in [1.29, 1.82) is 0 Å². The third kappa shape index (κ3) is 4.25. The van der Waals surface area contributed by atoms with Gasteiger partial charge in [-0.2, -0.15) is 0 Å². The lowest BCUT2D eigenvalue weighted by molar-refractivity contribution is 0.133. The van der Waals surface area contributed by atoms with Crippen LogP contribution in [0.25, 0.3) is 0 Å². The molecule has 1 aliphatic heterocycles. The standard InChI is InChI=1S/C16H25N3O/c1-3-4-14-13-15(17)5-6-16(14)20-12-11-19-9-7-18(2)8-10-19/h3,5-6,13H,1,4,7-12,17H2,2H3. The molecule has 0 atom stereocenters. The molecule has 0 spiro atoms. The molecule has 0 bridgehead atoms. The summed E-state index contributed by atoms with van der Waals surface area (Å²) in [6.07, 6.45) is 2.66. The number of nitrogen functional groups attached to an aromatic ring is 1. The lowest BCUT2D eigenvalue weighted by Gasteiger charge is -2.32. The number of ether oxygens (including phenoxy) is 1. The molecule has 4 heteroatoms. The quantitative estimate of drug-likeness (QED) is 0.633. The Morgan fingerprint density at radius 2 is 2.05 bits per heavy atom. The van der Waals surface area contributed by atoms with Crippen molar-refractivity contribution in [3.63, 3.8) is 0 Å². The van der Waals surface area contributed by atoms with E-state index in [4.69, 9.17) is 10.5 Å². The second kappa shape index (κ2) is 7.31. The average molecular weight is 275 g/mol. The highest BCUT2D eigenvalue weighted by Gasteiger charge is 2.13. The highest BCUT2D eigenvalue weighted by molar-refractivity contribution is 5.48. The maximum atomic E-state index is 5.92. The van der Waals surface area contributed by atoms with Gasteiger partial charge in [-0.05, 0) is 37.2 Å². The summed E-state index contributed by atoms with van der Waals surface area (Å²) >= 11 is 0. The van der Waals surface area contributed by atoms with Crippen LogP contribution in [0.3, 0.4) is 0 Å². The van der Waals surface area contributed by atoms with E-state index in [2.05, 4.69) is 23.4 Å². The van der Waals surface area contributed by atoms with Gasteiger partial charge in [0.15, 0.2) is 0 Å². The molecule has 1 heterocycles. The number of hydrogen-bond acceptors (Lipinski definition) is 4. The first-order valence-electron chi connectivity index (χ1n) is 7.22. The smallest absolute Gasteiger partial charge is 0.123 e. The lowest BCUT2D eigenvalue weighted by atomic mass is 10.1. The fourth-order valence-corrected chi connectivity index (χ4v) is 2.41. The van der Waals surface area contributed by atoms with Gasteiger partial charge >= 0.3 is 0 Å². The van der Waals surface area contributed by atoms with Gasteiger partial charge < -0.3 is 15.4 Å². The first-order chi connectivity index (χ1) is 9.69. The van der Waals surface area contributed by atoms with Crippen molar-refractivity contribution in [1.82, 2.24) is 9.80 Å². The molecule has 1 fully saturated rings. The third-order valence-corrected chi connectivity index (χ3v) is 3.71. The van der Waals surface area contributed by atoms with E-state index in [1.807, 2.05) is 24.3 Å². The summed E-state index contributed by atoms with van der Waals surface area (Å²) in [6.45, 7) is 10.0. The molecular weight excluding hydrogens is 250 g/mol. The van der Waals surface area contributed by atoms with Crippen LogP contribution in [0.1, 0.15) is 5.56 Å². The summed E-state index contributed by atoms with van der Waals surface area (Å²) in [4.78, 5) is 4.81. The first kappa shape index (κ1) is 14.9. The molecule has 1 saturated heterocycles. The predicted molar refractivity (Wildman–Crippen MR) is 84.2 cm³/mol. The summed E-state index contributed by atoms with van der Waals surface area (Å²) in [6, 6.07) is 5.81. The number of hydrogen-bond donors (Lipinski definition) is 1. The van der Waals surface area contributed by atoms with Gasteiger partial charge in [0.05, 0.1) is 0 Å². The Labute approximate surface area is 121 Å². The van der Waals surface area contributed by atoms with Crippen LogP contribution in [0.4, 0.5) is 5.69 Å². The number of likely N-dealkylation sites (N-methyl/N-ethyl adjacent to an activating group) is 1. The minimum absolute atomic E-state index is 0.720. The van der Waals surface area contributed by atoms with Crippen LogP contribution in [0.2, 0.25) is 0 Å². The number of piperazine rings is 1. The number of allylic oxidation sites excluding steroid dienone is 1. The van der Waals surface area contributed by atoms with Crippen molar-refractivity contribution in [2.45, 2.75) is 6.42 Å². The van der Waals surface area contributed by atoms with E-state index in [1.54, 1.807) is 0 Å². The van der Waals surface area contributed by atoms with Crippen molar-refractivity contribution in [3.8, 4) is 5.75 Å². The van der Waals surface area contributed by atoms with Crippen LogP contribution < -0.4 is 10.5 Å². The highest BCUT2D eigenvalue weighted by Crippen LogP contribution is 2.22. The Morgan fingerprint density at radius 1 is 1.30 bits per heavy atom. The zero-order chi connectivity index (χ0) is 14.4. The van der Waals surface area contributed by atoms with E-state index in [0.717, 1.165) is 62.8 Å². The average Bonchev–Trinajstić information content (AvgIpc) is 2.44. The van der Waals surface area contributed by atoms with Gasteiger partial charge in [0.2, 0.25) is 0 Å². The van der Waals surface area contributed by atoms with Crippen molar-refractivity contribution in [2.24, 2.45) is 0 Å².